The van der Waals surface area contributed by atoms with E-state index in [4.69, 9.17) is 9.47 Å². The number of hydrogen-bond acceptors (Lipinski definition) is 4. The van der Waals surface area contributed by atoms with E-state index in [2.05, 4.69) is 41.3 Å². The smallest absolute Gasteiger partial charge is 0.160 e. The Bertz CT molecular complexity index is 856. The molecule has 1 aliphatic carbocycles. The molecule has 0 bridgehead atoms. The van der Waals surface area contributed by atoms with E-state index in [1.54, 1.807) is 14.2 Å². The average molecular weight is 436 g/mol. The van der Waals surface area contributed by atoms with Gasteiger partial charge in [0.2, 0.25) is 0 Å². The zero-order chi connectivity index (χ0) is 22.6. The van der Waals surface area contributed by atoms with Crippen LogP contribution in [0.25, 0.3) is 0 Å². The van der Waals surface area contributed by atoms with E-state index in [9.17, 15) is 4.79 Å². The molecule has 2 aromatic carbocycles. The number of carbonyl (C=O) groups is 1. The summed E-state index contributed by atoms with van der Waals surface area (Å²) in [6, 6.07) is 16.7. The van der Waals surface area contributed by atoms with Gasteiger partial charge in [0.25, 0.3) is 0 Å². The normalized spacial score (nSPS) is 14.4. The Labute approximate surface area is 193 Å². The van der Waals surface area contributed by atoms with Crippen LogP contribution in [0.2, 0.25) is 0 Å². The Balaban J connectivity index is 1.60. The lowest BCUT2D eigenvalue weighted by Gasteiger charge is -2.22. The SMILES string of the molecule is COc1ccc(CCN(/C=C/C(=O)C2CCCCC2)CCCc2ccccc2)cc1OC. The molecular formula is C28H37NO3. The molecule has 0 radical (unpaired) electrons. The molecule has 2 aromatic rings. The lowest BCUT2D eigenvalue weighted by Crippen LogP contribution is -2.23. The summed E-state index contributed by atoms with van der Waals surface area (Å²) in [5.74, 6) is 2.01. The summed E-state index contributed by atoms with van der Waals surface area (Å²) in [7, 11) is 3.32. The van der Waals surface area contributed by atoms with Gasteiger partial charge in [-0.2, -0.15) is 0 Å². The Morgan fingerprint density at radius 1 is 0.906 bits per heavy atom. The predicted octanol–water partition coefficient (Wildman–Crippen LogP) is 5.84. The van der Waals surface area contributed by atoms with Gasteiger partial charge in [-0.15, -0.1) is 0 Å². The van der Waals surface area contributed by atoms with Crippen molar-refractivity contribution in [3.05, 3.63) is 71.9 Å². The van der Waals surface area contributed by atoms with Gasteiger partial charge in [0.15, 0.2) is 17.3 Å². The van der Waals surface area contributed by atoms with E-state index < -0.39 is 0 Å². The highest BCUT2D eigenvalue weighted by Gasteiger charge is 2.19. The highest BCUT2D eigenvalue weighted by Crippen LogP contribution is 2.28. The molecule has 0 aromatic heterocycles. The van der Waals surface area contributed by atoms with Gasteiger partial charge in [-0.05, 0) is 61.4 Å². The monoisotopic (exact) mass is 435 g/mol. The highest BCUT2D eigenvalue weighted by molar-refractivity contribution is 5.91. The topological polar surface area (TPSA) is 38.8 Å². The fraction of sp³-hybridized carbons (Fsp3) is 0.464. The first-order valence-corrected chi connectivity index (χ1v) is 11.9. The zero-order valence-electron chi connectivity index (χ0n) is 19.6. The molecule has 4 heteroatoms. The molecule has 0 spiro atoms. The fourth-order valence-corrected chi connectivity index (χ4v) is 4.40. The van der Waals surface area contributed by atoms with Gasteiger partial charge in [0, 0.05) is 25.2 Å². The first kappa shape index (κ1) is 23.9. The molecular weight excluding hydrogens is 398 g/mol. The lowest BCUT2D eigenvalue weighted by atomic mass is 9.86. The molecule has 1 fully saturated rings. The van der Waals surface area contributed by atoms with Gasteiger partial charge in [-0.3, -0.25) is 4.79 Å². The van der Waals surface area contributed by atoms with Crippen LogP contribution in [0.3, 0.4) is 0 Å². The number of ether oxygens (including phenoxy) is 2. The zero-order valence-corrected chi connectivity index (χ0v) is 19.6. The molecule has 1 saturated carbocycles. The van der Waals surface area contributed by atoms with E-state index >= 15 is 0 Å². The van der Waals surface area contributed by atoms with Gasteiger partial charge in [0.1, 0.15) is 0 Å². The van der Waals surface area contributed by atoms with Crippen molar-refractivity contribution < 1.29 is 14.3 Å². The van der Waals surface area contributed by atoms with Gasteiger partial charge < -0.3 is 14.4 Å². The summed E-state index contributed by atoms with van der Waals surface area (Å²) in [6.07, 6.45) is 12.6. The van der Waals surface area contributed by atoms with E-state index in [0.717, 1.165) is 56.7 Å². The maximum absolute atomic E-state index is 12.7. The van der Waals surface area contributed by atoms with E-state index in [-0.39, 0.29) is 5.92 Å². The van der Waals surface area contributed by atoms with Crippen molar-refractivity contribution in [3.8, 4) is 11.5 Å². The number of rotatable bonds is 12. The second-order valence-electron chi connectivity index (χ2n) is 8.62. The molecule has 3 rings (SSSR count). The third kappa shape index (κ3) is 7.44. The minimum Gasteiger partial charge on any atom is -0.493 e. The number of allylic oxidation sites excluding steroid dienone is 1. The number of nitrogens with zero attached hydrogens (tertiary/aromatic N) is 1. The lowest BCUT2D eigenvalue weighted by molar-refractivity contribution is -0.119. The van der Waals surface area contributed by atoms with Crippen molar-refractivity contribution in [2.45, 2.75) is 51.4 Å². The maximum Gasteiger partial charge on any atom is 0.160 e. The summed E-state index contributed by atoms with van der Waals surface area (Å²) in [6.45, 7) is 1.79. The quantitative estimate of drug-likeness (QED) is 0.392. The molecule has 0 heterocycles. The molecule has 0 saturated heterocycles. The number of ketones is 1. The molecule has 0 N–H and O–H groups in total. The first-order valence-electron chi connectivity index (χ1n) is 11.9. The average Bonchev–Trinajstić information content (AvgIpc) is 2.86. The third-order valence-electron chi connectivity index (χ3n) is 6.35. The van der Waals surface area contributed by atoms with Crippen molar-refractivity contribution in [1.29, 1.82) is 0 Å². The van der Waals surface area contributed by atoms with Crippen LogP contribution < -0.4 is 9.47 Å². The van der Waals surface area contributed by atoms with Gasteiger partial charge in [0.05, 0.1) is 14.2 Å². The molecule has 0 amide bonds. The molecule has 172 valence electrons. The number of aryl methyl sites for hydroxylation is 1. The molecule has 0 atom stereocenters. The standard InChI is InChI=1S/C28H37NO3/c1-31-27-16-15-24(22-28(27)32-2)17-20-29(19-9-12-23-10-5-3-6-11-23)21-18-26(30)25-13-7-4-8-14-25/h3,5-6,10-11,15-16,18,21-22,25H,4,7-9,12-14,17,19-20H2,1-2H3/b21-18+. The number of methoxy groups -OCH3 is 2. The molecule has 32 heavy (non-hydrogen) atoms. The molecule has 0 aliphatic heterocycles. The van der Waals surface area contributed by atoms with Gasteiger partial charge >= 0.3 is 0 Å². The van der Waals surface area contributed by atoms with Crippen LogP contribution in [0.15, 0.2) is 60.8 Å². The van der Waals surface area contributed by atoms with Crippen LogP contribution >= 0.6 is 0 Å². The largest absolute Gasteiger partial charge is 0.493 e. The van der Waals surface area contributed by atoms with Crippen molar-refractivity contribution >= 4 is 5.78 Å². The molecule has 0 unspecified atom stereocenters. The van der Waals surface area contributed by atoms with Crippen molar-refractivity contribution in [1.82, 2.24) is 4.90 Å². The number of hydrogen-bond donors (Lipinski definition) is 0. The highest BCUT2D eigenvalue weighted by atomic mass is 16.5. The predicted molar refractivity (Wildman–Crippen MR) is 130 cm³/mol. The van der Waals surface area contributed by atoms with Crippen LogP contribution in [0.4, 0.5) is 0 Å². The first-order chi connectivity index (χ1) is 15.7. The van der Waals surface area contributed by atoms with Crippen molar-refractivity contribution in [2.24, 2.45) is 5.92 Å². The van der Waals surface area contributed by atoms with Gasteiger partial charge in [-0.25, -0.2) is 0 Å². The Morgan fingerprint density at radius 2 is 1.66 bits per heavy atom. The minimum absolute atomic E-state index is 0.219. The summed E-state index contributed by atoms with van der Waals surface area (Å²) in [5, 5.41) is 0. The van der Waals surface area contributed by atoms with Crippen LogP contribution in [0, 0.1) is 5.92 Å². The second kappa shape index (κ2) is 12.9. The second-order valence-corrected chi connectivity index (χ2v) is 8.62. The maximum atomic E-state index is 12.7. The van der Waals surface area contributed by atoms with Crippen LogP contribution in [-0.4, -0.2) is 38.0 Å². The third-order valence-corrected chi connectivity index (χ3v) is 6.35. The molecule has 1 aliphatic rings. The van der Waals surface area contributed by atoms with Crippen molar-refractivity contribution in [2.75, 3.05) is 27.3 Å². The fourth-order valence-electron chi connectivity index (χ4n) is 4.40. The summed E-state index contributed by atoms with van der Waals surface area (Å²) < 4.78 is 10.8. The number of benzene rings is 2. The summed E-state index contributed by atoms with van der Waals surface area (Å²) in [4.78, 5) is 15.0. The van der Waals surface area contributed by atoms with Gasteiger partial charge in [-0.1, -0.05) is 55.7 Å². The van der Waals surface area contributed by atoms with E-state index in [0.29, 0.717) is 5.78 Å². The van der Waals surface area contributed by atoms with E-state index in [1.165, 1.54) is 30.4 Å². The van der Waals surface area contributed by atoms with Crippen LogP contribution in [0.5, 0.6) is 11.5 Å². The Hall–Kier alpha value is -2.75. The Morgan fingerprint density at radius 3 is 2.38 bits per heavy atom. The van der Waals surface area contributed by atoms with Crippen LogP contribution in [0.1, 0.15) is 49.7 Å². The van der Waals surface area contributed by atoms with Crippen molar-refractivity contribution in [3.63, 3.8) is 0 Å². The van der Waals surface area contributed by atoms with E-state index in [1.807, 2.05) is 24.4 Å². The summed E-state index contributed by atoms with van der Waals surface area (Å²) in [5.41, 5.74) is 2.55. The van der Waals surface area contributed by atoms with Crippen LogP contribution in [-0.2, 0) is 17.6 Å². The Kier molecular flexibility index (Phi) is 9.67. The molecule has 4 nitrogen and oxygen atoms in total. The summed E-state index contributed by atoms with van der Waals surface area (Å²) >= 11 is 0. The number of carbonyl (C=O) groups excluding carboxylic acids is 1. The minimum atomic E-state index is 0.219.